The van der Waals surface area contributed by atoms with Crippen molar-refractivity contribution in [3.63, 3.8) is 0 Å². The first kappa shape index (κ1) is 17.7. The normalized spacial score (nSPS) is 15.8. The molecule has 1 aliphatic carbocycles. The van der Waals surface area contributed by atoms with E-state index in [9.17, 15) is 18.0 Å². The number of nitrogens with one attached hydrogen (secondary N) is 1. The van der Waals surface area contributed by atoms with Crippen molar-refractivity contribution in [2.24, 2.45) is 0 Å². The number of pyridine rings is 1. The Morgan fingerprint density at radius 1 is 1.36 bits per heavy atom. The van der Waals surface area contributed by atoms with Gasteiger partial charge in [0.25, 0.3) is 0 Å². The zero-order chi connectivity index (χ0) is 18.0. The van der Waals surface area contributed by atoms with E-state index in [1.54, 1.807) is 19.1 Å². The Hall–Kier alpha value is -2.10. The van der Waals surface area contributed by atoms with Gasteiger partial charge in [0.2, 0.25) is 5.91 Å². The van der Waals surface area contributed by atoms with Crippen LogP contribution in [0.1, 0.15) is 19.8 Å². The van der Waals surface area contributed by atoms with Gasteiger partial charge in [-0.25, -0.2) is 0 Å². The summed E-state index contributed by atoms with van der Waals surface area (Å²) in [5, 5.41) is 10.1. The summed E-state index contributed by atoms with van der Waals surface area (Å²) < 4.78 is 40.0. The van der Waals surface area contributed by atoms with Crippen LogP contribution in [0.3, 0.4) is 0 Å². The Labute approximate surface area is 146 Å². The van der Waals surface area contributed by atoms with Gasteiger partial charge in [-0.05, 0) is 31.9 Å². The highest BCUT2D eigenvalue weighted by atomic mass is 32.2. The minimum Gasteiger partial charge on any atom is -0.352 e. The van der Waals surface area contributed by atoms with Crippen molar-refractivity contribution in [2.75, 3.05) is 0 Å². The lowest BCUT2D eigenvalue weighted by Crippen LogP contribution is -2.32. The summed E-state index contributed by atoms with van der Waals surface area (Å²) in [6.45, 7) is 0.415. The third kappa shape index (κ3) is 4.71. The van der Waals surface area contributed by atoms with Crippen molar-refractivity contribution >= 4 is 17.7 Å². The van der Waals surface area contributed by atoms with E-state index < -0.39 is 18.0 Å². The number of carbonyl (C=O) groups excluding carboxylic acids is 1. The van der Waals surface area contributed by atoms with E-state index in [-0.39, 0.29) is 22.9 Å². The van der Waals surface area contributed by atoms with Gasteiger partial charge in [-0.1, -0.05) is 11.8 Å². The van der Waals surface area contributed by atoms with E-state index >= 15 is 0 Å². The van der Waals surface area contributed by atoms with Crippen molar-refractivity contribution in [3.8, 4) is 11.4 Å². The fourth-order valence-electron chi connectivity index (χ4n) is 2.17. The van der Waals surface area contributed by atoms with Crippen LogP contribution in [0.15, 0.2) is 29.7 Å². The third-order valence-electron chi connectivity index (χ3n) is 3.57. The minimum absolute atomic E-state index is 0.0579. The molecular formula is C15H16F3N5OS. The van der Waals surface area contributed by atoms with Gasteiger partial charge in [0.05, 0.1) is 5.25 Å². The van der Waals surface area contributed by atoms with E-state index in [1.165, 1.54) is 12.4 Å². The van der Waals surface area contributed by atoms with Crippen LogP contribution in [-0.2, 0) is 11.3 Å². The summed E-state index contributed by atoms with van der Waals surface area (Å²) in [4.78, 5) is 15.9. The summed E-state index contributed by atoms with van der Waals surface area (Å²) in [6.07, 6.45) is 0.402. The highest BCUT2D eigenvalue weighted by Gasteiger charge is 2.33. The van der Waals surface area contributed by atoms with Gasteiger partial charge in [0.15, 0.2) is 11.0 Å². The molecule has 1 fully saturated rings. The second kappa shape index (κ2) is 7.03. The van der Waals surface area contributed by atoms with Gasteiger partial charge in [0, 0.05) is 24.0 Å². The molecule has 1 aliphatic rings. The predicted octanol–water partition coefficient (Wildman–Crippen LogP) is 2.66. The van der Waals surface area contributed by atoms with E-state index in [0.717, 1.165) is 29.2 Å². The van der Waals surface area contributed by atoms with Gasteiger partial charge in [0.1, 0.15) is 6.54 Å². The lowest BCUT2D eigenvalue weighted by Gasteiger charge is -2.15. The first-order valence-electron chi connectivity index (χ1n) is 7.71. The van der Waals surface area contributed by atoms with Crippen LogP contribution in [0.4, 0.5) is 13.2 Å². The Balaban J connectivity index is 1.85. The number of alkyl halides is 3. The van der Waals surface area contributed by atoms with Crippen LogP contribution in [-0.4, -0.2) is 43.1 Å². The SMILES string of the molecule is C[C@@H](Sc1nnc(-c2ccncc2)n1CC(F)(F)F)C(=O)NC1CC1. The molecule has 0 spiro atoms. The Morgan fingerprint density at radius 3 is 2.64 bits per heavy atom. The number of hydrogen-bond donors (Lipinski definition) is 1. The number of amides is 1. The van der Waals surface area contributed by atoms with Crippen LogP contribution in [0.5, 0.6) is 0 Å². The molecule has 0 saturated heterocycles. The maximum atomic E-state index is 13.0. The predicted molar refractivity (Wildman–Crippen MR) is 85.8 cm³/mol. The molecule has 6 nitrogen and oxygen atoms in total. The van der Waals surface area contributed by atoms with Gasteiger partial charge < -0.3 is 5.32 Å². The number of rotatable bonds is 6. The summed E-state index contributed by atoms with van der Waals surface area (Å²) in [6, 6.07) is 3.32. The topological polar surface area (TPSA) is 72.7 Å². The van der Waals surface area contributed by atoms with Crippen LogP contribution in [0.2, 0.25) is 0 Å². The van der Waals surface area contributed by atoms with E-state index in [0.29, 0.717) is 5.56 Å². The molecule has 1 amide bonds. The molecule has 3 rings (SSSR count). The van der Waals surface area contributed by atoms with Crippen LogP contribution < -0.4 is 5.32 Å². The maximum Gasteiger partial charge on any atom is 0.406 e. The molecule has 0 unspecified atom stereocenters. The van der Waals surface area contributed by atoms with Crippen molar-refractivity contribution in [1.29, 1.82) is 0 Å². The second-order valence-electron chi connectivity index (χ2n) is 5.79. The maximum absolute atomic E-state index is 13.0. The van der Waals surface area contributed by atoms with Gasteiger partial charge in [-0.2, -0.15) is 13.2 Å². The lowest BCUT2D eigenvalue weighted by molar-refractivity contribution is -0.141. The smallest absolute Gasteiger partial charge is 0.352 e. The Kier molecular flexibility index (Phi) is 4.98. The molecule has 0 bridgehead atoms. The standard InChI is InChI=1S/C15H16F3N5OS/c1-9(13(24)20-11-2-3-11)25-14-22-21-12(10-4-6-19-7-5-10)23(14)8-15(16,17)18/h4-7,9,11H,2-3,8H2,1H3,(H,20,24)/t9-/m1/s1. The van der Waals surface area contributed by atoms with Crippen LogP contribution >= 0.6 is 11.8 Å². The van der Waals surface area contributed by atoms with Crippen LogP contribution in [0, 0.1) is 0 Å². The molecule has 1 saturated carbocycles. The average molecular weight is 371 g/mol. The molecule has 0 radical (unpaired) electrons. The number of aromatic nitrogens is 4. The van der Waals surface area contributed by atoms with E-state index in [2.05, 4.69) is 20.5 Å². The zero-order valence-electron chi connectivity index (χ0n) is 13.3. The van der Waals surface area contributed by atoms with Gasteiger partial charge >= 0.3 is 6.18 Å². The zero-order valence-corrected chi connectivity index (χ0v) is 14.1. The van der Waals surface area contributed by atoms with E-state index in [1.807, 2.05) is 0 Å². The second-order valence-corrected chi connectivity index (χ2v) is 7.09. The molecule has 1 N–H and O–H groups in total. The molecule has 1 atom stereocenters. The number of carbonyl (C=O) groups is 1. The molecule has 2 aromatic heterocycles. The van der Waals surface area contributed by atoms with Crippen molar-refractivity contribution in [2.45, 2.75) is 48.9 Å². The highest BCUT2D eigenvalue weighted by molar-refractivity contribution is 8.00. The largest absolute Gasteiger partial charge is 0.406 e. The third-order valence-corrected chi connectivity index (χ3v) is 4.65. The quantitative estimate of drug-likeness (QED) is 0.791. The molecule has 2 heterocycles. The highest BCUT2D eigenvalue weighted by Crippen LogP contribution is 2.30. The van der Waals surface area contributed by atoms with Crippen molar-refractivity contribution in [1.82, 2.24) is 25.1 Å². The number of hydrogen-bond acceptors (Lipinski definition) is 5. The minimum atomic E-state index is -4.43. The first-order chi connectivity index (χ1) is 11.8. The molecule has 134 valence electrons. The monoisotopic (exact) mass is 371 g/mol. The number of thioether (sulfide) groups is 1. The van der Waals surface area contributed by atoms with E-state index in [4.69, 9.17) is 0 Å². The number of halogens is 3. The Bertz CT molecular complexity index is 745. The molecule has 25 heavy (non-hydrogen) atoms. The fraction of sp³-hybridized carbons (Fsp3) is 0.467. The molecule has 2 aromatic rings. The van der Waals surface area contributed by atoms with Gasteiger partial charge in [-0.15, -0.1) is 10.2 Å². The lowest BCUT2D eigenvalue weighted by atomic mass is 10.2. The molecule has 0 aromatic carbocycles. The van der Waals surface area contributed by atoms with Crippen molar-refractivity contribution < 1.29 is 18.0 Å². The summed E-state index contributed by atoms with van der Waals surface area (Å²) in [5.74, 6) is -0.114. The average Bonchev–Trinajstić information content (AvgIpc) is 3.29. The summed E-state index contributed by atoms with van der Waals surface area (Å²) >= 11 is 0.966. The van der Waals surface area contributed by atoms with Gasteiger partial charge in [-0.3, -0.25) is 14.3 Å². The van der Waals surface area contributed by atoms with Crippen molar-refractivity contribution in [3.05, 3.63) is 24.5 Å². The Morgan fingerprint density at radius 2 is 2.04 bits per heavy atom. The molecule has 0 aliphatic heterocycles. The molecular weight excluding hydrogens is 355 g/mol. The summed E-state index contributed by atoms with van der Waals surface area (Å²) in [5.41, 5.74) is 0.480. The fourth-order valence-corrected chi connectivity index (χ4v) is 3.03. The number of nitrogens with zero attached hydrogens (tertiary/aromatic N) is 4. The molecule has 10 heteroatoms. The first-order valence-corrected chi connectivity index (χ1v) is 8.59. The summed E-state index contributed by atoms with van der Waals surface area (Å²) in [7, 11) is 0. The van der Waals surface area contributed by atoms with Crippen LogP contribution in [0.25, 0.3) is 11.4 Å².